The number of nitrogens with one attached hydrogen (secondary N) is 1. The number of fused-ring (bicyclic) bond motifs is 1. The van der Waals surface area contributed by atoms with E-state index in [1.165, 1.54) is 33.0 Å². The minimum atomic E-state index is 0.433. The normalized spacial score (nSPS) is 12.0. The molecule has 0 bridgehead atoms. The molecule has 31 heavy (non-hydrogen) atoms. The van der Waals surface area contributed by atoms with Gasteiger partial charge < -0.3 is 5.32 Å². The van der Waals surface area contributed by atoms with E-state index in [-0.39, 0.29) is 0 Å². The highest BCUT2D eigenvalue weighted by molar-refractivity contribution is 6.00. The molecule has 4 aromatic rings. The predicted octanol–water partition coefficient (Wildman–Crippen LogP) is 8.70. The molecule has 0 heterocycles. The van der Waals surface area contributed by atoms with Crippen LogP contribution in [-0.2, 0) is 0 Å². The van der Waals surface area contributed by atoms with Gasteiger partial charge in [-0.15, -0.1) is 0 Å². The van der Waals surface area contributed by atoms with E-state index in [0.717, 1.165) is 11.4 Å². The maximum atomic E-state index is 3.84. The fraction of sp³-hybridized carbons (Fsp3) is 0.200. The molecule has 1 N–H and O–H groups in total. The third kappa shape index (κ3) is 4.56. The fourth-order valence-corrected chi connectivity index (χ4v) is 4.23. The van der Waals surface area contributed by atoms with Gasteiger partial charge in [-0.25, -0.2) is 0 Å². The van der Waals surface area contributed by atoms with E-state index in [0.29, 0.717) is 11.8 Å². The zero-order valence-corrected chi connectivity index (χ0v) is 18.9. The largest absolute Gasteiger partial charge is 0.354 e. The zero-order valence-electron chi connectivity index (χ0n) is 18.9. The van der Waals surface area contributed by atoms with E-state index in [2.05, 4.69) is 130 Å². The molecule has 4 aromatic carbocycles. The molecular weight excluding hydrogens is 374 g/mol. The summed E-state index contributed by atoms with van der Waals surface area (Å²) >= 11 is 0. The van der Waals surface area contributed by atoms with Gasteiger partial charge in [-0.1, -0.05) is 113 Å². The number of hydrogen-bond acceptors (Lipinski definition) is 1. The van der Waals surface area contributed by atoms with Gasteiger partial charge in [0, 0.05) is 22.3 Å². The van der Waals surface area contributed by atoms with E-state index in [4.69, 9.17) is 0 Å². The fourth-order valence-electron chi connectivity index (χ4n) is 4.23. The highest BCUT2D eigenvalue weighted by atomic mass is 14.9. The molecule has 1 nitrogen and oxygen atoms in total. The molecule has 0 atom stereocenters. The van der Waals surface area contributed by atoms with Gasteiger partial charge in [0.2, 0.25) is 0 Å². The van der Waals surface area contributed by atoms with Crippen LogP contribution >= 0.6 is 0 Å². The van der Waals surface area contributed by atoms with Gasteiger partial charge in [-0.05, 0) is 46.1 Å². The lowest BCUT2D eigenvalue weighted by atomic mass is 9.86. The summed E-state index contributed by atoms with van der Waals surface area (Å²) < 4.78 is 0. The summed E-state index contributed by atoms with van der Waals surface area (Å²) in [4.78, 5) is 0. The minimum Gasteiger partial charge on any atom is -0.354 e. The van der Waals surface area contributed by atoms with E-state index in [1.54, 1.807) is 0 Å². The second-order valence-corrected chi connectivity index (χ2v) is 8.74. The Hall–Kier alpha value is -3.32. The molecule has 0 aromatic heterocycles. The summed E-state index contributed by atoms with van der Waals surface area (Å²) in [5.41, 5.74) is 7.55. The van der Waals surface area contributed by atoms with Crippen molar-refractivity contribution in [3.8, 4) is 0 Å². The second kappa shape index (κ2) is 9.22. The minimum absolute atomic E-state index is 0.433. The van der Waals surface area contributed by atoms with Crippen LogP contribution in [0.5, 0.6) is 0 Å². The molecule has 0 radical (unpaired) electrons. The van der Waals surface area contributed by atoms with Crippen LogP contribution in [0.4, 0.5) is 5.69 Å². The molecule has 156 valence electrons. The van der Waals surface area contributed by atoms with Crippen LogP contribution in [0.2, 0.25) is 0 Å². The molecule has 0 aliphatic heterocycles. The first kappa shape index (κ1) is 20.9. The number of rotatable bonds is 6. The standard InChI is InChI=1S/C30H31N/c1-21(2)25-17-11-18-26(22(3)4)30(25)29(20-23-12-6-5-7-13-23)31-28-19-10-15-24-14-8-9-16-27(24)28/h5-22,31H,1-4H3. The number of anilines is 1. The van der Waals surface area contributed by atoms with Crippen molar-refractivity contribution in [2.24, 2.45) is 0 Å². The Morgan fingerprint density at radius 2 is 1.23 bits per heavy atom. The Bertz CT molecular complexity index is 1170. The van der Waals surface area contributed by atoms with E-state index in [1.807, 2.05) is 0 Å². The van der Waals surface area contributed by atoms with Gasteiger partial charge in [-0.3, -0.25) is 0 Å². The molecule has 1 heteroatoms. The van der Waals surface area contributed by atoms with Gasteiger partial charge in [-0.2, -0.15) is 0 Å². The first-order valence-corrected chi connectivity index (χ1v) is 11.2. The van der Waals surface area contributed by atoms with Crippen molar-refractivity contribution >= 4 is 28.2 Å². The van der Waals surface area contributed by atoms with Crippen molar-refractivity contribution in [3.63, 3.8) is 0 Å². The first-order chi connectivity index (χ1) is 15.0. The maximum absolute atomic E-state index is 3.84. The smallest absolute Gasteiger partial charge is 0.0469 e. The second-order valence-electron chi connectivity index (χ2n) is 8.74. The van der Waals surface area contributed by atoms with Crippen molar-refractivity contribution in [1.29, 1.82) is 0 Å². The summed E-state index contributed by atoms with van der Waals surface area (Å²) in [6, 6.07) is 32.4. The number of benzene rings is 4. The SMILES string of the molecule is CC(C)c1cccc(C(C)C)c1C(=Cc1ccccc1)Nc1cccc2ccccc12. The van der Waals surface area contributed by atoms with Crippen LogP contribution < -0.4 is 5.32 Å². The quantitative estimate of drug-likeness (QED) is 0.316. The average Bonchev–Trinajstić information content (AvgIpc) is 2.79. The van der Waals surface area contributed by atoms with Crippen LogP contribution in [0.25, 0.3) is 22.5 Å². The van der Waals surface area contributed by atoms with Gasteiger partial charge in [0.05, 0.1) is 0 Å². The van der Waals surface area contributed by atoms with Gasteiger partial charge in [0.15, 0.2) is 0 Å². The van der Waals surface area contributed by atoms with Crippen molar-refractivity contribution in [1.82, 2.24) is 0 Å². The third-order valence-electron chi connectivity index (χ3n) is 5.81. The third-order valence-corrected chi connectivity index (χ3v) is 5.81. The highest BCUT2D eigenvalue weighted by Crippen LogP contribution is 2.36. The lowest BCUT2D eigenvalue weighted by Crippen LogP contribution is -2.08. The van der Waals surface area contributed by atoms with Crippen LogP contribution in [0.15, 0.2) is 91.0 Å². The monoisotopic (exact) mass is 405 g/mol. The van der Waals surface area contributed by atoms with Crippen molar-refractivity contribution in [2.45, 2.75) is 39.5 Å². The molecule has 0 fully saturated rings. The Morgan fingerprint density at radius 3 is 1.90 bits per heavy atom. The maximum Gasteiger partial charge on any atom is 0.0469 e. The molecule has 0 spiro atoms. The Kier molecular flexibility index (Phi) is 6.23. The summed E-state index contributed by atoms with van der Waals surface area (Å²) in [5.74, 6) is 0.865. The Balaban J connectivity index is 1.94. The summed E-state index contributed by atoms with van der Waals surface area (Å²) in [6.07, 6.45) is 2.29. The van der Waals surface area contributed by atoms with Crippen LogP contribution in [0, 0.1) is 0 Å². The van der Waals surface area contributed by atoms with Gasteiger partial charge in [0.25, 0.3) is 0 Å². The van der Waals surface area contributed by atoms with E-state index >= 15 is 0 Å². The van der Waals surface area contributed by atoms with Gasteiger partial charge in [0.1, 0.15) is 0 Å². The van der Waals surface area contributed by atoms with Gasteiger partial charge >= 0.3 is 0 Å². The van der Waals surface area contributed by atoms with Crippen molar-refractivity contribution in [3.05, 3.63) is 113 Å². The predicted molar refractivity (Wildman–Crippen MR) is 137 cm³/mol. The van der Waals surface area contributed by atoms with E-state index < -0.39 is 0 Å². The molecule has 4 rings (SSSR count). The Morgan fingerprint density at radius 1 is 0.645 bits per heavy atom. The molecule has 0 saturated heterocycles. The lowest BCUT2D eigenvalue weighted by Gasteiger charge is -2.23. The average molecular weight is 406 g/mol. The molecule has 0 saturated carbocycles. The van der Waals surface area contributed by atoms with Crippen molar-refractivity contribution < 1.29 is 0 Å². The van der Waals surface area contributed by atoms with Crippen LogP contribution in [0.1, 0.15) is 61.8 Å². The van der Waals surface area contributed by atoms with Crippen LogP contribution in [0.3, 0.4) is 0 Å². The Labute approximate surface area is 186 Å². The molecule has 0 unspecified atom stereocenters. The molecule has 0 aliphatic carbocycles. The molecular formula is C30H31N. The topological polar surface area (TPSA) is 12.0 Å². The van der Waals surface area contributed by atoms with Crippen LogP contribution in [-0.4, -0.2) is 0 Å². The molecule has 0 amide bonds. The zero-order chi connectivity index (χ0) is 21.8. The lowest BCUT2D eigenvalue weighted by molar-refractivity contribution is 0.827. The highest BCUT2D eigenvalue weighted by Gasteiger charge is 2.18. The van der Waals surface area contributed by atoms with E-state index in [9.17, 15) is 0 Å². The molecule has 0 aliphatic rings. The summed E-state index contributed by atoms with van der Waals surface area (Å²) in [5, 5.41) is 6.32. The first-order valence-electron chi connectivity index (χ1n) is 11.2. The number of hydrogen-bond donors (Lipinski definition) is 1. The summed E-state index contributed by atoms with van der Waals surface area (Å²) in [7, 11) is 0. The summed E-state index contributed by atoms with van der Waals surface area (Å²) in [6.45, 7) is 9.12. The van der Waals surface area contributed by atoms with Crippen molar-refractivity contribution in [2.75, 3.05) is 5.32 Å².